The molecule has 0 aliphatic carbocycles. The predicted molar refractivity (Wildman–Crippen MR) is 82.3 cm³/mol. The molecule has 3 rings (SSSR count). The minimum Gasteiger partial charge on any atom is -0.312 e. The molecule has 100 valence electrons. The van der Waals surface area contributed by atoms with Crippen molar-refractivity contribution in [3.8, 4) is 0 Å². The summed E-state index contributed by atoms with van der Waals surface area (Å²) in [6, 6.07) is 13.5. The molecule has 20 heavy (non-hydrogen) atoms. The number of likely N-dealkylation sites (N-methyl/N-ethyl adjacent to an activating group) is 1. The smallest absolute Gasteiger partial charge is 0.248 e. The number of carbonyl (C=O) groups is 1. The van der Waals surface area contributed by atoms with Gasteiger partial charge in [0, 0.05) is 12.6 Å². The van der Waals surface area contributed by atoms with E-state index in [0.717, 1.165) is 27.3 Å². The van der Waals surface area contributed by atoms with Gasteiger partial charge in [0.15, 0.2) is 0 Å². The molecule has 1 aliphatic heterocycles. The second kappa shape index (κ2) is 5.17. The van der Waals surface area contributed by atoms with Gasteiger partial charge in [-0.15, -0.1) is 0 Å². The van der Waals surface area contributed by atoms with Gasteiger partial charge in [-0.05, 0) is 28.1 Å². The number of pyridine rings is 1. The average Bonchev–Trinajstić information content (AvgIpc) is 2.58. The van der Waals surface area contributed by atoms with Gasteiger partial charge in [-0.1, -0.05) is 30.3 Å². The van der Waals surface area contributed by atoms with Gasteiger partial charge >= 0.3 is 0 Å². The van der Waals surface area contributed by atoms with E-state index >= 15 is 0 Å². The molecule has 1 aliphatic rings. The first-order valence-electron chi connectivity index (χ1n) is 6.20. The fourth-order valence-electron chi connectivity index (χ4n) is 2.16. The van der Waals surface area contributed by atoms with Crippen LogP contribution in [-0.2, 0) is 4.79 Å². The van der Waals surface area contributed by atoms with Crippen molar-refractivity contribution < 1.29 is 4.79 Å². The number of anilines is 1. The first-order chi connectivity index (χ1) is 9.66. The number of aromatic nitrogens is 1. The highest BCUT2D eigenvalue weighted by Crippen LogP contribution is 2.26. The third-order valence-corrected chi connectivity index (χ3v) is 3.66. The molecular formula is C15H12BrN3O. The van der Waals surface area contributed by atoms with E-state index in [4.69, 9.17) is 0 Å². The molecule has 0 radical (unpaired) electrons. The molecular weight excluding hydrogens is 318 g/mol. The second-order valence-corrected chi connectivity index (χ2v) is 5.30. The molecule has 0 unspecified atom stereocenters. The highest BCUT2D eigenvalue weighted by molar-refractivity contribution is 9.10. The first kappa shape index (κ1) is 13.0. The molecule has 1 amide bonds. The van der Waals surface area contributed by atoms with E-state index in [1.54, 1.807) is 11.9 Å². The van der Waals surface area contributed by atoms with Crippen LogP contribution in [0.25, 0.3) is 0 Å². The molecule has 2 aromatic rings. The lowest BCUT2D eigenvalue weighted by Crippen LogP contribution is -2.28. The zero-order chi connectivity index (χ0) is 14.1. The number of hydrogen-bond donors (Lipinski definition) is 0. The Morgan fingerprint density at radius 3 is 2.65 bits per heavy atom. The lowest BCUT2D eigenvalue weighted by atomic mass is 10.1. The van der Waals surface area contributed by atoms with Gasteiger partial charge in [0.05, 0.1) is 11.4 Å². The molecule has 4 nitrogen and oxygen atoms in total. The van der Waals surface area contributed by atoms with Crippen LogP contribution in [0, 0.1) is 0 Å². The van der Waals surface area contributed by atoms with E-state index in [2.05, 4.69) is 25.9 Å². The topological polar surface area (TPSA) is 45.6 Å². The fourth-order valence-corrected chi connectivity index (χ4v) is 2.47. The van der Waals surface area contributed by atoms with Gasteiger partial charge in [0.25, 0.3) is 0 Å². The Morgan fingerprint density at radius 1 is 1.15 bits per heavy atom. The van der Waals surface area contributed by atoms with E-state index in [1.165, 1.54) is 0 Å². The summed E-state index contributed by atoms with van der Waals surface area (Å²) >= 11 is 3.38. The molecule has 0 atom stereocenters. The summed E-state index contributed by atoms with van der Waals surface area (Å²) in [6.07, 6.45) is 0. The minimum atomic E-state index is -0.0405. The van der Waals surface area contributed by atoms with Crippen LogP contribution < -0.4 is 4.90 Å². The maximum atomic E-state index is 12.0. The Labute approximate surface area is 125 Å². The van der Waals surface area contributed by atoms with Crippen molar-refractivity contribution in [2.45, 2.75) is 0 Å². The number of fused-ring (bicyclic) bond motifs is 1. The Morgan fingerprint density at radius 2 is 1.90 bits per heavy atom. The molecule has 0 saturated carbocycles. The van der Waals surface area contributed by atoms with Crippen molar-refractivity contribution in [3.05, 3.63) is 58.3 Å². The van der Waals surface area contributed by atoms with Crippen LogP contribution in [0.3, 0.4) is 0 Å². The first-order valence-corrected chi connectivity index (χ1v) is 6.99. The van der Waals surface area contributed by atoms with Crippen LogP contribution in [0.1, 0.15) is 11.3 Å². The number of amides is 1. The maximum Gasteiger partial charge on any atom is 0.248 e. The molecule has 2 heterocycles. The second-order valence-electron chi connectivity index (χ2n) is 4.49. The maximum absolute atomic E-state index is 12.0. The summed E-state index contributed by atoms with van der Waals surface area (Å²) in [4.78, 5) is 22.6. The normalized spacial score (nSPS) is 14.6. The van der Waals surface area contributed by atoms with E-state index in [0.29, 0.717) is 0 Å². The Bertz CT molecular complexity index is 698. The van der Waals surface area contributed by atoms with Crippen molar-refractivity contribution in [2.75, 3.05) is 18.5 Å². The number of halogens is 1. The number of aliphatic imine (C=N–C) groups is 1. The Balaban J connectivity index is 2.23. The SMILES string of the molecule is CN1C(=O)CN=C(c2ccccc2)c2nc(Br)ccc21. The number of carbonyl (C=O) groups excluding carboxylic acids is 1. The van der Waals surface area contributed by atoms with Gasteiger partial charge in [0.2, 0.25) is 5.91 Å². The molecule has 1 aromatic heterocycles. The molecule has 0 spiro atoms. The van der Waals surface area contributed by atoms with Crippen LogP contribution in [-0.4, -0.2) is 30.2 Å². The molecule has 0 bridgehead atoms. The van der Waals surface area contributed by atoms with E-state index in [-0.39, 0.29) is 12.5 Å². The number of hydrogen-bond acceptors (Lipinski definition) is 3. The van der Waals surface area contributed by atoms with Gasteiger partial charge in [0.1, 0.15) is 16.8 Å². The minimum absolute atomic E-state index is 0.0405. The monoisotopic (exact) mass is 329 g/mol. The van der Waals surface area contributed by atoms with Crippen LogP contribution in [0.4, 0.5) is 5.69 Å². The van der Waals surface area contributed by atoms with Crippen LogP contribution >= 0.6 is 15.9 Å². The number of nitrogens with zero attached hydrogens (tertiary/aromatic N) is 3. The summed E-state index contributed by atoms with van der Waals surface area (Å²) in [5.74, 6) is -0.0405. The number of benzene rings is 1. The summed E-state index contributed by atoms with van der Waals surface area (Å²) in [6.45, 7) is 0.134. The summed E-state index contributed by atoms with van der Waals surface area (Å²) < 4.78 is 0.725. The Hall–Kier alpha value is -2.01. The largest absolute Gasteiger partial charge is 0.312 e. The van der Waals surface area contributed by atoms with Crippen LogP contribution in [0.2, 0.25) is 0 Å². The quantitative estimate of drug-likeness (QED) is 0.755. The van der Waals surface area contributed by atoms with Crippen molar-refractivity contribution in [3.63, 3.8) is 0 Å². The van der Waals surface area contributed by atoms with Gasteiger partial charge in [-0.25, -0.2) is 4.98 Å². The van der Waals surface area contributed by atoms with E-state index in [1.807, 2.05) is 42.5 Å². The van der Waals surface area contributed by atoms with Crippen molar-refractivity contribution in [1.82, 2.24) is 4.98 Å². The average molecular weight is 330 g/mol. The molecule has 0 N–H and O–H groups in total. The van der Waals surface area contributed by atoms with E-state index in [9.17, 15) is 4.79 Å². The third kappa shape index (κ3) is 2.25. The zero-order valence-electron chi connectivity index (χ0n) is 10.9. The predicted octanol–water partition coefficient (Wildman–Crippen LogP) is 2.66. The van der Waals surface area contributed by atoms with Crippen molar-refractivity contribution in [2.24, 2.45) is 4.99 Å². The number of rotatable bonds is 1. The lowest BCUT2D eigenvalue weighted by Gasteiger charge is -2.17. The van der Waals surface area contributed by atoms with Crippen molar-refractivity contribution >= 4 is 33.2 Å². The van der Waals surface area contributed by atoms with Crippen LogP contribution in [0.5, 0.6) is 0 Å². The third-order valence-electron chi connectivity index (χ3n) is 3.22. The highest BCUT2D eigenvalue weighted by Gasteiger charge is 2.23. The summed E-state index contributed by atoms with van der Waals surface area (Å²) in [5, 5.41) is 0. The van der Waals surface area contributed by atoms with Crippen LogP contribution in [0.15, 0.2) is 52.1 Å². The van der Waals surface area contributed by atoms with Gasteiger partial charge in [-0.2, -0.15) is 0 Å². The Kier molecular flexibility index (Phi) is 3.36. The lowest BCUT2D eigenvalue weighted by molar-refractivity contribution is -0.116. The summed E-state index contributed by atoms with van der Waals surface area (Å²) in [7, 11) is 1.75. The van der Waals surface area contributed by atoms with Gasteiger partial charge < -0.3 is 4.90 Å². The fraction of sp³-hybridized carbons (Fsp3) is 0.133. The molecule has 0 fully saturated rings. The summed E-state index contributed by atoms with van der Waals surface area (Å²) in [5.41, 5.74) is 3.21. The highest BCUT2D eigenvalue weighted by atomic mass is 79.9. The zero-order valence-corrected chi connectivity index (χ0v) is 12.5. The molecule has 5 heteroatoms. The molecule has 1 aromatic carbocycles. The van der Waals surface area contributed by atoms with E-state index < -0.39 is 0 Å². The standard InChI is InChI=1S/C15H12BrN3O/c1-19-11-7-8-12(16)18-15(11)14(17-9-13(19)20)10-5-3-2-4-6-10/h2-8H,9H2,1H3. The van der Waals surface area contributed by atoms with Gasteiger partial charge in [-0.3, -0.25) is 9.79 Å². The van der Waals surface area contributed by atoms with Crippen molar-refractivity contribution in [1.29, 1.82) is 0 Å². The molecule has 0 saturated heterocycles.